The van der Waals surface area contributed by atoms with Gasteiger partial charge in [0.05, 0.1) is 11.5 Å². The Morgan fingerprint density at radius 1 is 0.732 bits per heavy atom. The molecule has 10 heteroatoms. The van der Waals surface area contributed by atoms with Gasteiger partial charge in [-0.3, -0.25) is 4.79 Å². The zero-order chi connectivity index (χ0) is 32.2. The van der Waals surface area contributed by atoms with Crippen molar-refractivity contribution >= 4 is 23.9 Å². The Labute approximate surface area is 244 Å². The molecule has 0 aromatic heterocycles. The lowest BCUT2D eigenvalue weighted by Crippen LogP contribution is -2.48. The van der Waals surface area contributed by atoms with E-state index in [0.29, 0.717) is 12.8 Å². The third kappa shape index (κ3) is 11.4. The van der Waals surface area contributed by atoms with Crippen LogP contribution >= 0.6 is 0 Å². The van der Waals surface area contributed by atoms with Crippen molar-refractivity contribution in [1.82, 2.24) is 0 Å². The molecule has 0 fully saturated rings. The van der Waals surface area contributed by atoms with E-state index in [4.69, 9.17) is 18.9 Å². The zero-order valence-corrected chi connectivity index (χ0v) is 26.1. The van der Waals surface area contributed by atoms with E-state index in [-0.39, 0.29) is 49.0 Å². The zero-order valence-electron chi connectivity index (χ0n) is 26.1. The summed E-state index contributed by atoms with van der Waals surface area (Å²) in [5.74, 6) is -2.71. The molecule has 0 rings (SSSR count). The van der Waals surface area contributed by atoms with Gasteiger partial charge in [0.1, 0.15) is 30.5 Å². The van der Waals surface area contributed by atoms with Crippen LogP contribution in [0.1, 0.15) is 93.9 Å². The molecule has 2 atom stereocenters. The van der Waals surface area contributed by atoms with Crippen LogP contribution in [0.5, 0.6) is 0 Å². The van der Waals surface area contributed by atoms with Crippen molar-refractivity contribution in [3.05, 3.63) is 36.5 Å². The van der Waals surface area contributed by atoms with E-state index >= 15 is 0 Å². The molecule has 2 N–H and O–H groups in total. The first kappa shape index (κ1) is 38.0. The molecule has 10 nitrogen and oxygen atoms in total. The number of hydrogen-bond donors (Lipinski definition) is 2. The lowest BCUT2D eigenvalue weighted by Gasteiger charge is -2.36. The van der Waals surface area contributed by atoms with Crippen LogP contribution in [0, 0.1) is 5.41 Å². The van der Waals surface area contributed by atoms with Crippen molar-refractivity contribution in [3.63, 3.8) is 0 Å². The smallest absolute Gasteiger partial charge is 0.334 e. The summed E-state index contributed by atoms with van der Waals surface area (Å²) in [4.78, 5) is 49.7. The fourth-order valence-electron chi connectivity index (χ4n) is 4.16. The number of carbonyl (C=O) groups is 4. The maximum atomic E-state index is 13.0. The summed E-state index contributed by atoms with van der Waals surface area (Å²) in [6, 6.07) is 0. The van der Waals surface area contributed by atoms with Crippen molar-refractivity contribution in [1.29, 1.82) is 0 Å². The Bertz CT molecular complexity index is 969. The Morgan fingerprint density at radius 3 is 1.68 bits per heavy atom. The second-order valence-electron chi connectivity index (χ2n) is 11.2. The minimum atomic E-state index is -1.34. The molecule has 0 spiro atoms. The predicted molar refractivity (Wildman–Crippen MR) is 155 cm³/mol. The molecule has 0 aromatic carbocycles. The fourth-order valence-corrected chi connectivity index (χ4v) is 4.16. The Morgan fingerprint density at radius 2 is 1.24 bits per heavy atom. The summed E-state index contributed by atoms with van der Waals surface area (Å²) in [5, 5.41) is 21.3. The van der Waals surface area contributed by atoms with E-state index in [1.807, 2.05) is 13.8 Å². The van der Waals surface area contributed by atoms with E-state index in [0.717, 1.165) is 0 Å². The molecule has 0 amide bonds. The van der Waals surface area contributed by atoms with Crippen molar-refractivity contribution < 1.29 is 48.3 Å². The van der Waals surface area contributed by atoms with Crippen LogP contribution in [0.15, 0.2) is 36.5 Å². The van der Waals surface area contributed by atoms with Crippen LogP contribution in [0.3, 0.4) is 0 Å². The first-order chi connectivity index (χ1) is 18.9. The first-order valence-electron chi connectivity index (χ1n) is 14.0. The highest BCUT2D eigenvalue weighted by atomic mass is 16.6. The SMILES string of the molecule is C=C(C)C(=O)OCC(O)C(CC)(CC)OC(=O)C(=C)CC(C)(C)C(=O)OCC(O)CC(CC)(CC)OC(=O)C(=C)C. The van der Waals surface area contributed by atoms with Gasteiger partial charge in [0.15, 0.2) is 0 Å². The molecule has 0 aliphatic carbocycles. The van der Waals surface area contributed by atoms with E-state index in [2.05, 4.69) is 19.7 Å². The van der Waals surface area contributed by atoms with Crippen LogP contribution in [-0.2, 0) is 38.1 Å². The second-order valence-corrected chi connectivity index (χ2v) is 11.2. The van der Waals surface area contributed by atoms with Crippen LogP contribution in [0.2, 0.25) is 0 Å². The second kappa shape index (κ2) is 16.5. The Hall–Kier alpha value is -2.98. The summed E-state index contributed by atoms with van der Waals surface area (Å²) >= 11 is 0. The number of ether oxygens (including phenoxy) is 4. The highest BCUT2D eigenvalue weighted by molar-refractivity contribution is 5.90. The van der Waals surface area contributed by atoms with Gasteiger partial charge in [-0.05, 0) is 59.8 Å². The summed E-state index contributed by atoms with van der Waals surface area (Å²) in [5.41, 5.74) is -3.09. The summed E-state index contributed by atoms with van der Waals surface area (Å²) < 4.78 is 21.6. The van der Waals surface area contributed by atoms with Crippen LogP contribution in [0.25, 0.3) is 0 Å². The first-order valence-corrected chi connectivity index (χ1v) is 14.0. The molecular weight excluding hydrogens is 532 g/mol. The normalized spacial score (nSPS) is 13.4. The minimum absolute atomic E-state index is 0.0207. The number of aliphatic hydroxyl groups excluding tert-OH is 2. The highest BCUT2D eigenvalue weighted by Crippen LogP contribution is 2.32. The van der Waals surface area contributed by atoms with Gasteiger partial charge >= 0.3 is 23.9 Å². The Kier molecular flexibility index (Phi) is 15.3. The summed E-state index contributed by atoms with van der Waals surface area (Å²) in [6.45, 7) is 23.4. The molecule has 0 bridgehead atoms. The van der Waals surface area contributed by atoms with Crippen LogP contribution in [0.4, 0.5) is 0 Å². The molecule has 2 unspecified atom stereocenters. The standard InChI is InChI=1S/C31H50O10/c1-12-30(13-2,40-26(35)21(7)8)17-23(32)18-39-28(37)29(10,11)16-22(9)27(36)41-31(14-3,15-4)24(33)19-38-25(34)20(5)6/h23-24,32-33H,5,7,9,12-19H2,1-4,6,8,10-11H3. The van der Waals surface area contributed by atoms with Gasteiger partial charge < -0.3 is 29.2 Å². The lowest BCUT2D eigenvalue weighted by atomic mass is 9.85. The van der Waals surface area contributed by atoms with Crippen molar-refractivity contribution in [2.75, 3.05) is 13.2 Å². The summed E-state index contributed by atoms with van der Waals surface area (Å²) in [7, 11) is 0. The molecular formula is C31H50O10. The van der Waals surface area contributed by atoms with Crippen molar-refractivity contribution in [3.8, 4) is 0 Å². The molecule has 234 valence electrons. The molecule has 0 aliphatic heterocycles. The molecule has 0 aromatic rings. The maximum Gasteiger partial charge on any atom is 0.334 e. The van der Waals surface area contributed by atoms with Gasteiger partial charge in [0.25, 0.3) is 0 Å². The minimum Gasteiger partial charge on any atom is -0.463 e. The van der Waals surface area contributed by atoms with Gasteiger partial charge in [-0.2, -0.15) is 0 Å². The van der Waals surface area contributed by atoms with Crippen molar-refractivity contribution in [2.24, 2.45) is 5.41 Å². The quantitative estimate of drug-likeness (QED) is 0.127. The number of rotatable bonds is 19. The van der Waals surface area contributed by atoms with E-state index in [9.17, 15) is 29.4 Å². The largest absolute Gasteiger partial charge is 0.463 e. The Balaban J connectivity index is 5.28. The average Bonchev–Trinajstić information content (AvgIpc) is 2.91. The number of aliphatic hydroxyl groups is 2. The third-order valence-corrected chi connectivity index (χ3v) is 7.28. The number of carbonyl (C=O) groups excluding carboxylic acids is 4. The monoisotopic (exact) mass is 582 g/mol. The van der Waals surface area contributed by atoms with Crippen LogP contribution in [-0.4, -0.2) is 70.7 Å². The van der Waals surface area contributed by atoms with Gasteiger partial charge in [0.2, 0.25) is 0 Å². The topological polar surface area (TPSA) is 146 Å². The molecule has 0 aliphatic rings. The molecule has 41 heavy (non-hydrogen) atoms. The fraction of sp³-hybridized carbons (Fsp3) is 0.677. The number of esters is 4. The average molecular weight is 583 g/mol. The van der Waals surface area contributed by atoms with Gasteiger partial charge in [0, 0.05) is 23.1 Å². The van der Waals surface area contributed by atoms with E-state index in [1.54, 1.807) is 27.7 Å². The molecule has 0 radical (unpaired) electrons. The van der Waals surface area contributed by atoms with Gasteiger partial charge in [-0.25, -0.2) is 14.4 Å². The molecule has 0 heterocycles. The maximum absolute atomic E-state index is 13.0. The van der Waals surface area contributed by atoms with E-state index in [1.165, 1.54) is 13.8 Å². The van der Waals surface area contributed by atoms with Crippen LogP contribution < -0.4 is 0 Å². The van der Waals surface area contributed by atoms with Crippen molar-refractivity contribution in [2.45, 2.75) is 117 Å². The summed E-state index contributed by atoms with van der Waals surface area (Å²) in [6.07, 6.45) is -1.10. The molecule has 0 saturated heterocycles. The highest BCUT2D eigenvalue weighted by Gasteiger charge is 2.41. The van der Waals surface area contributed by atoms with Gasteiger partial charge in [-0.1, -0.05) is 47.4 Å². The number of hydrogen-bond acceptors (Lipinski definition) is 10. The third-order valence-electron chi connectivity index (χ3n) is 7.28. The lowest BCUT2D eigenvalue weighted by molar-refractivity contribution is -0.178. The van der Waals surface area contributed by atoms with Gasteiger partial charge in [-0.15, -0.1) is 0 Å². The molecule has 0 saturated carbocycles. The van der Waals surface area contributed by atoms with E-state index < -0.39 is 59.3 Å². The predicted octanol–water partition coefficient (Wildman–Crippen LogP) is 4.51.